The van der Waals surface area contributed by atoms with Crippen molar-refractivity contribution < 1.29 is 4.79 Å². The van der Waals surface area contributed by atoms with Gasteiger partial charge in [-0.25, -0.2) is 15.0 Å². The summed E-state index contributed by atoms with van der Waals surface area (Å²) >= 11 is 6.05. The third-order valence-electron chi connectivity index (χ3n) is 6.60. The number of carbonyl (C=O) groups excluding carboxylic acids is 1. The Balaban J connectivity index is 1.19. The van der Waals surface area contributed by atoms with E-state index in [1.165, 1.54) is 5.56 Å². The molecule has 0 atom stereocenters. The molecule has 1 N–H and O–H groups in total. The normalized spacial score (nSPS) is 16.7. The van der Waals surface area contributed by atoms with Crippen molar-refractivity contribution >= 4 is 28.5 Å². The Kier molecular flexibility index (Phi) is 4.50. The molecule has 2 aliphatic rings. The van der Waals surface area contributed by atoms with E-state index in [4.69, 9.17) is 21.6 Å². The number of nitrogens with one attached hydrogen (secondary N) is 1. The first-order chi connectivity index (χ1) is 15.6. The van der Waals surface area contributed by atoms with E-state index in [2.05, 4.69) is 34.2 Å². The van der Waals surface area contributed by atoms with Gasteiger partial charge in [-0.15, -0.1) is 0 Å². The highest BCUT2D eigenvalue weighted by atomic mass is 35.5. The molecule has 160 valence electrons. The maximum Gasteiger partial charge on any atom is 0.230 e. The number of hydrogen-bond donors (Lipinski definition) is 1. The number of imidazole rings is 1. The lowest BCUT2D eigenvalue weighted by Crippen LogP contribution is -2.38. The number of fused-ring (bicyclic) bond motifs is 2. The first kappa shape index (κ1) is 19.4. The van der Waals surface area contributed by atoms with Gasteiger partial charge in [0.15, 0.2) is 0 Å². The molecule has 6 rings (SSSR count). The summed E-state index contributed by atoms with van der Waals surface area (Å²) in [6, 6.07) is 16.0. The first-order valence-electron chi connectivity index (χ1n) is 10.9. The number of hydrogen-bond acceptors (Lipinski definition) is 4. The van der Waals surface area contributed by atoms with Gasteiger partial charge in [-0.2, -0.15) is 0 Å². The van der Waals surface area contributed by atoms with E-state index in [1.54, 1.807) is 6.07 Å². The monoisotopic (exact) mass is 443 g/mol. The van der Waals surface area contributed by atoms with Gasteiger partial charge in [0, 0.05) is 36.3 Å². The number of nitrogens with zero attached hydrogens (tertiary/aromatic N) is 4. The molecule has 4 aromatic rings. The van der Waals surface area contributed by atoms with Crippen molar-refractivity contribution in [3.8, 4) is 0 Å². The average molecular weight is 444 g/mol. The highest BCUT2D eigenvalue weighted by Gasteiger charge is 2.48. The lowest BCUT2D eigenvalue weighted by molar-refractivity contribution is -0.131. The lowest BCUT2D eigenvalue weighted by atomic mass is 9.94. The van der Waals surface area contributed by atoms with Crippen molar-refractivity contribution in [2.24, 2.45) is 0 Å². The van der Waals surface area contributed by atoms with Gasteiger partial charge in [0.25, 0.3) is 0 Å². The van der Waals surface area contributed by atoms with Crippen molar-refractivity contribution in [3.63, 3.8) is 0 Å². The SMILES string of the molecule is O=C(Cc1nc2ccc(Cl)cc2[nH]1)N1CCc2nc(C3(c4ccccc4)CC3)ncc2C1. The fourth-order valence-electron chi connectivity index (χ4n) is 4.66. The zero-order valence-corrected chi connectivity index (χ0v) is 18.3. The highest BCUT2D eigenvalue weighted by Crippen LogP contribution is 2.52. The molecule has 6 nitrogen and oxygen atoms in total. The van der Waals surface area contributed by atoms with Crippen LogP contribution >= 0.6 is 11.6 Å². The Morgan fingerprint density at radius 1 is 1.12 bits per heavy atom. The van der Waals surface area contributed by atoms with Gasteiger partial charge < -0.3 is 9.88 Å². The van der Waals surface area contributed by atoms with Crippen LogP contribution < -0.4 is 0 Å². The zero-order chi connectivity index (χ0) is 21.7. The molecule has 0 bridgehead atoms. The molecule has 1 saturated carbocycles. The molecule has 0 saturated heterocycles. The van der Waals surface area contributed by atoms with Gasteiger partial charge in [-0.3, -0.25) is 4.79 Å². The number of halogens is 1. The summed E-state index contributed by atoms with van der Waals surface area (Å²) < 4.78 is 0. The number of aromatic nitrogens is 4. The molecular formula is C25H22ClN5O. The molecule has 0 radical (unpaired) electrons. The van der Waals surface area contributed by atoms with Crippen LogP contribution in [0.3, 0.4) is 0 Å². The second kappa shape index (κ2) is 7.41. The second-order valence-electron chi connectivity index (χ2n) is 8.70. The lowest BCUT2D eigenvalue weighted by Gasteiger charge is -2.28. The summed E-state index contributed by atoms with van der Waals surface area (Å²) in [5.41, 5.74) is 5.02. The molecule has 1 aliphatic carbocycles. The quantitative estimate of drug-likeness (QED) is 0.512. The summed E-state index contributed by atoms with van der Waals surface area (Å²) in [7, 11) is 0. The summed E-state index contributed by atoms with van der Waals surface area (Å²) in [6.45, 7) is 1.20. The van der Waals surface area contributed by atoms with Crippen molar-refractivity contribution in [3.05, 3.63) is 88.2 Å². The fraction of sp³-hybridized carbons (Fsp3) is 0.280. The van der Waals surface area contributed by atoms with E-state index in [0.717, 1.165) is 47.4 Å². The van der Waals surface area contributed by atoms with Crippen LogP contribution in [-0.2, 0) is 29.6 Å². The molecule has 0 unspecified atom stereocenters. The van der Waals surface area contributed by atoms with Gasteiger partial charge in [0.2, 0.25) is 5.91 Å². The van der Waals surface area contributed by atoms with E-state index >= 15 is 0 Å². The first-order valence-corrected chi connectivity index (χ1v) is 11.3. The molecule has 1 amide bonds. The molecule has 7 heteroatoms. The number of H-pyrrole nitrogens is 1. The molecule has 2 aromatic heterocycles. The predicted octanol–water partition coefficient (Wildman–Crippen LogP) is 4.21. The summed E-state index contributed by atoms with van der Waals surface area (Å²) in [5, 5.41) is 0.645. The van der Waals surface area contributed by atoms with Crippen LogP contribution in [0.2, 0.25) is 5.02 Å². The van der Waals surface area contributed by atoms with Gasteiger partial charge >= 0.3 is 0 Å². The van der Waals surface area contributed by atoms with Crippen LogP contribution in [-0.4, -0.2) is 37.3 Å². The van der Waals surface area contributed by atoms with E-state index in [0.29, 0.717) is 23.9 Å². The standard InChI is InChI=1S/C25H22ClN5O/c26-18-6-7-20-21(12-18)29-22(28-20)13-23(32)31-11-8-19-16(15-31)14-27-24(30-19)25(9-10-25)17-4-2-1-3-5-17/h1-7,12,14H,8-11,13,15H2,(H,28,29). The molecule has 1 fully saturated rings. The smallest absolute Gasteiger partial charge is 0.230 e. The van der Waals surface area contributed by atoms with E-state index in [1.807, 2.05) is 29.3 Å². The van der Waals surface area contributed by atoms with Crippen molar-refractivity contribution in [1.82, 2.24) is 24.8 Å². The molecule has 0 spiro atoms. The minimum Gasteiger partial charge on any atom is -0.342 e. The number of rotatable bonds is 4. The van der Waals surface area contributed by atoms with Crippen LogP contribution in [0, 0.1) is 0 Å². The Hall–Kier alpha value is -3.25. The highest BCUT2D eigenvalue weighted by molar-refractivity contribution is 6.31. The maximum atomic E-state index is 12.9. The average Bonchev–Trinajstić information content (AvgIpc) is 3.54. The fourth-order valence-corrected chi connectivity index (χ4v) is 4.83. The van der Waals surface area contributed by atoms with E-state index < -0.39 is 0 Å². The Labute approximate surface area is 190 Å². The van der Waals surface area contributed by atoms with Gasteiger partial charge in [0.1, 0.15) is 11.6 Å². The van der Waals surface area contributed by atoms with Crippen LogP contribution in [0.15, 0.2) is 54.7 Å². The van der Waals surface area contributed by atoms with Gasteiger partial charge in [-0.05, 0) is 36.6 Å². The van der Waals surface area contributed by atoms with Gasteiger partial charge in [-0.1, -0.05) is 41.9 Å². The van der Waals surface area contributed by atoms with E-state index in [-0.39, 0.29) is 17.7 Å². The molecule has 2 aromatic carbocycles. The largest absolute Gasteiger partial charge is 0.342 e. The van der Waals surface area contributed by atoms with Crippen molar-refractivity contribution in [2.45, 2.75) is 37.6 Å². The minimum absolute atomic E-state index is 0.0343. The van der Waals surface area contributed by atoms with Crippen LogP contribution in [0.1, 0.15) is 41.3 Å². The third kappa shape index (κ3) is 3.35. The Morgan fingerprint density at radius 2 is 1.97 bits per heavy atom. The summed E-state index contributed by atoms with van der Waals surface area (Å²) in [5.74, 6) is 1.62. The predicted molar refractivity (Wildman–Crippen MR) is 122 cm³/mol. The van der Waals surface area contributed by atoms with Crippen LogP contribution in [0.25, 0.3) is 11.0 Å². The second-order valence-corrected chi connectivity index (χ2v) is 9.14. The zero-order valence-electron chi connectivity index (χ0n) is 17.5. The number of carbonyl (C=O) groups is 1. The molecule has 3 heterocycles. The Morgan fingerprint density at radius 3 is 2.78 bits per heavy atom. The number of amides is 1. The number of aromatic amines is 1. The summed E-state index contributed by atoms with van der Waals surface area (Å²) in [4.78, 5) is 32.2. The maximum absolute atomic E-state index is 12.9. The summed E-state index contributed by atoms with van der Waals surface area (Å²) in [6.07, 6.45) is 5.07. The van der Waals surface area contributed by atoms with Gasteiger partial charge in [0.05, 0.1) is 28.6 Å². The third-order valence-corrected chi connectivity index (χ3v) is 6.84. The van der Waals surface area contributed by atoms with Crippen LogP contribution in [0.4, 0.5) is 0 Å². The molecular weight excluding hydrogens is 422 g/mol. The number of benzene rings is 2. The van der Waals surface area contributed by atoms with E-state index in [9.17, 15) is 4.79 Å². The van der Waals surface area contributed by atoms with Crippen molar-refractivity contribution in [2.75, 3.05) is 6.54 Å². The Bertz CT molecular complexity index is 1330. The topological polar surface area (TPSA) is 74.8 Å². The van der Waals surface area contributed by atoms with Crippen molar-refractivity contribution in [1.29, 1.82) is 0 Å². The molecule has 1 aliphatic heterocycles. The molecule has 32 heavy (non-hydrogen) atoms. The minimum atomic E-state index is -0.0343. The van der Waals surface area contributed by atoms with Crippen LogP contribution in [0.5, 0.6) is 0 Å².